The number of aromatic amines is 2. The summed E-state index contributed by atoms with van der Waals surface area (Å²) in [5, 5.41) is 20.9. The summed E-state index contributed by atoms with van der Waals surface area (Å²) >= 11 is 0. The number of benzene rings is 2. The average molecular weight is 513 g/mol. The molecule has 0 bridgehead atoms. The highest BCUT2D eigenvalue weighted by Gasteiger charge is 2.23. The number of rotatable bonds is 8. The van der Waals surface area contributed by atoms with Gasteiger partial charge in [-0.3, -0.25) is 9.98 Å². The van der Waals surface area contributed by atoms with Gasteiger partial charge in [-0.1, -0.05) is 25.0 Å². The molecule has 4 N–H and O–H groups in total. The minimum Gasteiger partial charge on any atom is -0.507 e. The Bertz CT molecular complexity index is 1340. The highest BCUT2D eigenvalue weighted by atomic mass is 16.3. The van der Waals surface area contributed by atoms with Gasteiger partial charge in [0.2, 0.25) is 0 Å². The molecule has 0 unspecified atom stereocenters. The van der Waals surface area contributed by atoms with Gasteiger partial charge in [0.25, 0.3) is 11.6 Å². The van der Waals surface area contributed by atoms with Crippen molar-refractivity contribution in [3.63, 3.8) is 0 Å². The Hall–Kier alpha value is -4.20. The Morgan fingerprint density at radius 1 is 0.763 bits per heavy atom. The first-order chi connectivity index (χ1) is 18.5. The average Bonchev–Trinajstić information content (AvgIpc) is 3.52. The maximum absolute atomic E-state index is 10.5. The third-order valence-electron chi connectivity index (χ3n) is 7.35. The van der Waals surface area contributed by atoms with Crippen LogP contribution >= 0.6 is 0 Å². The first-order valence-electron chi connectivity index (χ1n) is 13.2. The number of H-pyrrole nitrogens is 2. The molecule has 2 aromatic heterocycles. The van der Waals surface area contributed by atoms with Crippen LogP contribution in [0.4, 0.5) is 0 Å². The molecule has 0 amide bonds. The molecule has 1 fully saturated rings. The van der Waals surface area contributed by atoms with Gasteiger partial charge < -0.3 is 10.2 Å². The second kappa shape index (κ2) is 11.5. The van der Waals surface area contributed by atoms with Crippen LogP contribution in [0.15, 0.2) is 71.2 Å². The zero-order valence-electron chi connectivity index (χ0n) is 22.0. The van der Waals surface area contributed by atoms with E-state index < -0.39 is 0 Å². The Kier molecular flexibility index (Phi) is 7.67. The summed E-state index contributed by atoms with van der Waals surface area (Å²) in [6, 6.07) is 11.4. The molecule has 5 rings (SSSR count). The van der Waals surface area contributed by atoms with Gasteiger partial charge in [-0.2, -0.15) is 0 Å². The number of phenols is 2. The van der Waals surface area contributed by atoms with Gasteiger partial charge in [0.15, 0.2) is 0 Å². The van der Waals surface area contributed by atoms with Crippen molar-refractivity contribution in [1.82, 2.24) is 9.97 Å². The summed E-state index contributed by atoms with van der Waals surface area (Å²) in [7, 11) is 0. The molecule has 2 heterocycles. The Morgan fingerprint density at radius 3 is 1.61 bits per heavy atom. The van der Waals surface area contributed by atoms with Gasteiger partial charge in [-0.05, 0) is 48.2 Å². The minimum absolute atomic E-state index is 0.0349. The van der Waals surface area contributed by atoms with Crippen molar-refractivity contribution in [2.24, 2.45) is 9.98 Å². The van der Waals surface area contributed by atoms with E-state index in [0.29, 0.717) is 11.1 Å². The number of phenolic OH excluding ortho intramolecular Hbond substituents is 2. The summed E-state index contributed by atoms with van der Waals surface area (Å²) in [5.74, 6) is 2.60. The molecule has 0 aliphatic heterocycles. The number of nitrogens with one attached hydrogen (secondary N) is 2. The number of aliphatic imine (C=N–C) groups is 2. The predicted octanol–water partition coefficient (Wildman–Crippen LogP) is 3.89. The van der Waals surface area contributed by atoms with E-state index in [-0.39, 0.29) is 23.6 Å². The third-order valence-corrected chi connectivity index (χ3v) is 7.35. The molecule has 0 spiro atoms. The number of imidazole rings is 2. The van der Waals surface area contributed by atoms with E-state index >= 15 is 0 Å². The molecule has 2 aromatic carbocycles. The van der Waals surface area contributed by atoms with Gasteiger partial charge >= 0.3 is 0 Å². The lowest BCUT2D eigenvalue weighted by Gasteiger charge is -2.25. The van der Waals surface area contributed by atoms with E-state index in [9.17, 15) is 10.2 Å². The van der Waals surface area contributed by atoms with Crippen LogP contribution in [0.3, 0.4) is 0 Å². The second-order valence-corrected chi connectivity index (χ2v) is 10.1. The fourth-order valence-corrected chi connectivity index (χ4v) is 5.02. The lowest BCUT2D eigenvalue weighted by Crippen LogP contribution is -2.35. The summed E-state index contributed by atoms with van der Waals surface area (Å²) < 4.78 is 4.25. The highest BCUT2D eigenvalue weighted by molar-refractivity contribution is 5.84. The molecule has 1 aliphatic rings. The number of hydrogen-bond donors (Lipinski definition) is 4. The van der Waals surface area contributed by atoms with Crippen LogP contribution in [0.2, 0.25) is 0 Å². The maximum Gasteiger partial charge on any atom is 0.251 e. The molecule has 0 radical (unpaired) electrons. The van der Waals surface area contributed by atoms with Crippen LogP contribution in [0.5, 0.6) is 11.5 Å². The number of aryl methyl sites for hydroxylation is 2. The van der Waals surface area contributed by atoms with Crippen molar-refractivity contribution in [2.45, 2.75) is 64.7 Å². The highest BCUT2D eigenvalue weighted by Crippen LogP contribution is 2.26. The summed E-state index contributed by atoms with van der Waals surface area (Å²) in [6.45, 7) is 5.50. The number of aromatic hydroxyl groups is 2. The topological polar surface area (TPSA) is 105 Å². The molecule has 1 saturated carbocycles. The Balaban J connectivity index is 1.30. The monoisotopic (exact) mass is 512 g/mol. The van der Waals surface area contributed by atoms with Crippen molar-refractivity contribution in [3.05, 3.63) is 95.1 Å². The van der Waals surface area contributed by atoms with Gasteiger partial charge in [0, 0.05) is 37.4 Å². The van der Waals surface area contributed by atoms with Gasteiger partial charge in [-0.25, -0.2) is 19.1 Å². The third kappa shape index (κ3) is 6.02. The van der Waals surface area contributed by atoms with Crippen LogP contribution in [-0.2, 0) is 13.1 Å². The predicted molar refractivity (Wildman–Crippen MR) is 147 cm³/mol. The zero-order valence-corrected chi connectivity index (χ0v) is 22.0. The first-order valence-corrected chi connectivity index (χ1v) is 13.2. The SMILES string of the molecule is Cc1[nH]cc[n+]1Cc1ccc(O)c(C=N[C@@H]2CCCC[C@H]2N=Cc2cc(C[n+]3cc[nH]c3C)ccc2O)c1. The largest absolute Gasteiger partial charge is 0.507 e. The Morgan fingerprint density at radius 2 is 1.21 bits per heavy atom. The molecule has 8 heteroatoms. The van der Waals surface area contributed by atoms with Gasteiger partial charge in [0.1, 0.15) is 49.4 Å². The lowest BCUT2D eigenvalue weighted by atomic mass is 9.91. The molecule has 8 nitrogen and oxygen atoms in total. The van der Waals surface area contributed by atoms with Crippen LogP contribution in [-0.4, -0.2) is 44.7 Å². The van der Waals surface area contributed by atoms with Crippen LogP contribution in [0.1, 0.15) is 59.6 Å². The zero-order chi connectivity index (χ0) is 26.5. The summed E-state index contributed by atoms with van der Waals surface area (Å²) in [5.41, 5.74) is 3.62. The molecule has 1 aliphatic carbocycles. The maximum atomic E-state index is 10.5. The molecule has 4 aromatic rings. The quantitative estimate of drug-likeness (QED) is 0.212. The van der Waals surface area contributed by atoms with Crippen molar-refractivity contribution in [1.29, 1.82) is 0 Å². The van der Waals surface area contributed by atoms with Crippen molar-refractivity contribution < 1.29 is 19.3 Å². The van der Waals surface area contributed by atoms with E-state index in [1.807, 2.05) is 62.9 Å². The molecule has 2 atom stereocenters. The van der Waals surface area contributed by atoms with Crippen LogP contribution < -0.4 is 9.13 Å². The van der Waals surface area contributed by atoms with Crippen molar-refractivity contribution in [2.75, 3.05) is 0 Å². The second-order valence-electron chi connectivity index (χ2n) is 10.1. The minimum atomic E-state index is 0.0349. The fourth-order valence-electron chi connectivity index (χ4n) is 5.02. The van der Waals surface area contributed by atoms with Crippen molar-refractivity contribution in [3.8, 4) is 11.5 Å². The number of hydrogen-bond acceptors (Lipinski definition) is 4. The normalized spacial score (nSPS) is 18.1. The molecule has 196 valence electrons. The van der Waals surface area contributed by atoms with E-state index in [0.717, 1.165) is 61.5 Å². The molecule has 38 heavy (non-hydrogen) atoms. The summed E-state index contributed by atoms with van der Waals surface area (Å²) in [6.07, 6.45) is 15.6. The van der Waals surface area contributed by atoms with E-state index in [1.165, 1.54) is 0 Å². The smallest absolute Gasteiger partial charge is 0.251 e. The van der Waals surface area contributed by atoms with Crippen LogP contribution in [0, 0.1) is 13.8 Å². The number of nitrogens with zero attached hydrogens (tertiary/aromatic N) is 4. The van der Waals surface area contributed by atoms with Gasteiger partial charge in [0.05, 0.1) is 12.1 Å². The molecule has 0 saturated heterocycles. The summed E-state index contributed by atoms with van der Waals surface area (Å²) in [4.78, 5) is 16.1. The van der Waals surface area contributed by atoms with E-state index in [2.05, 4.69) is 19.1 Å². The fraction of sp³-hybridized carbons (Fsp3) is 0.333. The lowest BCUT2D eigenvalue weighted by molar-refractivity contribution is -0.693. The van der Waals surface area contributed by atoms with Crippen molar-refractivity contribution >= 4 is 12.4 Å². The first kappa shape index (κ1) is 25.4. The Labute approximate surface area is 223 Å². The molecular formula is C30H36N6O2+2. The van der Waals surface area contributed by atoms with E-state index in [1.54, 1.807) is 24.6 Å². The van der Waals surface area contributed by atoms with Crippen LogP contribution in [0.25, 0.3) is 0 Å². The van der Waals surface area contributed by atoms with E-state index in [4.69, 9.17) is 9.98 Å². The van der Waals surface area contributed by atoms with Gasteiger partial charge in [-0.15, -0.1) is 0 Å². The molecular weight excluding hydrogens is 476 g/mol. The number of aromatic nitrogens is 4. The standard InChI is InChI=1S/C30H34N6O2/c1-21-31-11-13-35(21)19-23-7-9-29(37)25(15-23)17-33-27-5-3-4-6-28(27)34-18-26-16-24(8-10-30(26)38)20-36-14-12-32-22(36)2/h7-18,27-28H,3-6,19-20H2,1-2H3,(H2,33,34,37,38)/p+2/t27-,28-/m1/s1.